The molecule has 2 unspecified atom stereocenters. The Morgan fingerprint density at radius 2 is 2.24 bits per heavy atom. The maximum atomic E-state index is 11.5. The van der Waals surface area contributed by atoms with Crippen molar-refractivity contribution in [3.63, 3.8) is 0 Å². The lowest BCUT2D eigenvalue weighted by Crippen LogP contribution is -2.46. The Morgan fingerprint density at radius 1 is 1.53 bits per heavy atom. The molecule has 1 aliphatic heterocycles. The molecule has 6 nitrogen and oxygen atoms in total. The normalized spacial score (nSPS) is 21.2. The van der Waals surface area contributed by atoms with Crippen LogP contribution in [0.3, 0.4) is 0 Å². The van der Waals surface area contributed by atoms with Gasteiger partial charge in [-0.1, -0.05) is 0 Å². The summed E-state index contributed by atoms with van der Waals surface area (Å²) in [5, 5.41) is 3.00. The van der Waals surface area contributed by atoms with E-state index in [-0.39, 0.29) is 18.4 Å². The van der Waals surface area contributed by atoms with Crippen molar-refractivity contribution >= 4 is 11.8 Å². The van der Waals surface area contributed by atoms with Gasteiger partial charge in [0.05, 0.1) is 18.6 Å². The van der Waals surface area contributed by atoms with Crippen LogP contribution in [-0.4, -0.2) is 56.1 Å². The van der Waals surface area contributed by atoms with Gasteiger partial charge in [0.2, 0.25) is 11.8 Å². The van der Waals surface area contributed by atoms with Crippen LogP contribution in [0.15, 0.2) is 0 Å². The van der Waals surface area contributed by atoms with E-state index in [1.165, 1.54) is 4.90 Å². The van der Waals surface area contributed by atoms with Gasteiger partial charge in [-0.3, -0.25) is 9.59 Å². The molecule has 1 fully saturated rings. The molecule has 0 spiro atoms. The van der Waals surface area contributed by atoms with E-state index in [1.54, 1.807) is 14.1 Å². The minimum Gasteiger partial charge on any atom is -0.377 e. The molecule has 2 amide bonds. The summed E-state index contributed by atoms with van der Waals surface area (Å²) in [6.45, 7) is 1.33. The molecule has 0 aromatic carbocycles. The number of carbonyl (C=O) groups is 2. The van der Waals surface area contributed by atoms with E-state index in [1.807, 2.05) is 0 Å². The van der Waals surface area contributed by atoms with Gasteiger partial charge in [-0.25, -0.2) is 0 Å². The molecular weight excluding hydrogens is 222 g/mol. The first-order chi connectivity index (χ1) is 8.00. The van der Waals surface area contributed by atoms with Crippen molar-refractivity contribution in [1.82, 2.24) is 10.2 Å². The van der Waals surface area contributed by atoms with Crippen LogP contribution in [0.25, 0.3) is 0 Å². The third-order valence-corrected chi connectivity index (χ3v) is 2.84. The zero-order chi connectivity index (χ0) is 12.8. The molecule has 2 atom stereocenters. The highest BCUT2D eigenvalue weighted by atomic mass is 16.5. The zero-order valence-electron chi connectivity index (χ0n) is 10.4. The van der Waals surface area contributed by atoms with E-state index in [0.29, 0.717) is 6.54 Å². The highest BCUT2D eigenvalue weighted by Gasteiger charge is 2.22. The van der Waals surface area contributed by atoms with E-state index in [9.17, 15) is 9.59 Å². The topological polar surface area (TPSA) is 84.7 Å². The van der Waals surface area contributed by atoms with Gasteiger partial charge in [0.15, 0.2) is 0 Å². The molecular formula is C11H21N3O3. The van der Waals surface area contributed by atoms with Crippen LogP contribution in [0.5, 0.6) is 0 Å². The lowest BCUT2D eigenvalue weighted by atomic mass is 10.1. The van der Waals surface area contributed by atoms with Crippen molar-refractivity contribution in [2.24, 2.45) is 5.73 Å². The van der Waals surface area contributed by atoms with Gasteiger partial charge in [0, 0.05) is 27.2 Å². The van der Waals surface area contributed by atoms with Crippen molar-refractivity contribution < 1.29 is 14.3 Å². The van der Waals surface area contributed by atoms with E-state index >= 15 is 0 Å². The maximum absolute atomic E-state index is 11.5. The zero-order valence-corrected chi connectivity index (χ0v) is 10.4. The number of primary amides is 1. The molecule has 1 heterocycles. The van der Waals surface area contributed by atoms with Crippen LogP contribution >= 0.6 is 0 Å². The number of nitrogens with zero attached hydrogens (tertiary/aromatic N) is 1. The average Bonchev–Trinajstić information content (AvgIpc) is 2.75. The van der Waals surface area contributed by atoms with Crippen molar-refractivity contribution in [2.75, 3.05) is 27.2 Å². The Morgan fingerprint density at radius 3 is 2.71 bits per heavy atom. The number of nitrogens with two attached hydrogens (primary N) is 1. The molecule has 1 rings (SSSR count). The number of amides is 2. The van der Waals surface area contributed by atoms with Gasteiger partial charge in [-0.05, 0) is 12.8 Å². The standard InChI is InChI=1S/C11H21N3O3/c1-14(2)10(15)6-9(11(12)16)13-7-8-4-3-5-17-8/h8-9,13H,3-7H2,1-2H3,(H2,12,16). The lowest BCUT2D eigenvalue weighted by molar-refractivity contribution is -0.132. The summed E-state index contributed by atoms with van der Waals surface area (Å²) in [5.74, 6) is -0.619. The largest absolute Gasteiger partial charge is 0.377 e. The predicted molar refractivity (Wildman–Crippen MR) is 63.3 cm³/mol. The fourth-order valence-electron chi connectivity index (χ4n) is 1.71. The van der Waals surface area contributed by atoms with Crippen LogP contribution in [0.2, 0.25) is 0 Å². The first kappa shape index (κ1) is 13.9. The Kier molecular flexibility index (Phi) is 5.37. The lowest BCUT2D eigenvalue weighted by Gasteiger charge is -2.19. The van der Waals surface area contributed by atoms with Crippen LogP contribution in [-0.2, 0) is 14.3 Å². The van der Waals surface area contributed by atoms with Gasteiger partial charge in [-0.15, -0.1) is 0 Å². The van der Waals surface area contributed by atoms with Gasteiger partial charge >= 0.3 is 0 Å². The van der Waals surface area contributed by atoms with Crippen molar-refractivity contribution in [3.8, 4) is 0 Å². The van der Waals surface area contributed by atoms with Crippen molar-refractivity contribution in [1.29, 1.82) is 0 Å². The first-order valence-corrected chi connectivity index (χ1v) is 5.85. The second-order valence-corrected chi connectivity index (χ2v) is 4.49. The van der Waals surface area contributed by atoms with Crippen LogP contribution in [0.4, 0.5) is 0 Å². The number of ether oxygens (including phenoxy) is 1. The number of rotatable bonds is 6. The smallest absolute Gasteiger partial charge is 0.235 e. The van der Waals surface area contributed by atoms with E-state index in [4.69, 9.17) is 10.5 Å². The third-order valence-electron chi connectivity index (χ3n) is 2.84. The Labute approximate surface area is 101 Å². The van der Waals surface area contributed by atoms with E-state index in [0.717, 1.165) is 19.4 Å². The van der Waals surface area contributed by atoms with E-state index in [2.05, 4.69) is 5.32 Å². The highest BCUT2D eigenvalue weighted by Crippen LogP contribution is 2.11. The molecule has 98 valence electrons. The molecule has 0 radical (unpaired) electrons. The minimum absolute atomic E-state index is 0.0923. The monoisotopic (exact) mass is 243 g/mol. The van der Waals surface area contributed by atoms with Crippen molar-refractivity contribution in [2.45, 2.75) is 31.4 Å². The maximum Gasteiger partial charge on any atom is 0.235 e. The quantitative estimate of drug-likeness (QED) is 0.632. The van der Waals surface area contributed by atoms with Crippen LogP contribution in [0.1, 0.15) is 19.3 Å². The molecule has 1 saturated heterocycles. The summed E-state index contributed by atoms with van der Waals surface area (Å²) >= 11 is 0. The number of hydrogen-bond donors (Lipinski definition) is 2. The minimum atomic E-state index is -0.617. The molecule has 3 N–H and O–H groups in total. The van der Waals surface area contributed by atoms with Gasteiger partial charge in [-0.2, -0.15) is 0 Å². The molecule has 1 aliphatic rings. The van der Waals surface area contributed by atoms with Gasteiger partial charge in [0.25, 0.3) is 0 Å². The summed E-state index contributed by atoms with van der Waals surface area (Å²) in [7, 11) is 3.31. The second kappa shape index (κ2) is 6.56. The molecule has 0 aromatic heterocycles. The fraction of sp³-hybridized carbons (Fsp3) is 0.818. The van der Waals surface area contributed by atoms with E-state index < -0.39 is 11.9 Å². The Bertz CT molecular complexity index is 275. The number of hydrogen-bond acceptors (Lipinski definition) is 4. The van der Waals surface area contributed by atoms with Crippen LogP contribution < -0.4 is 11.1 Å². The molecule has 0 saturated carbocycles. The summed E-state index contributed by atoms with van der Waals surface area (Å²) in [5.41, 5.74) is 5.26. The van der Waals surface area contributed by atoms with Gasteiger partial charge < -0.3 is 20.7 Å². The van der Waals surface area contributed by atoms with Crippen molar-refractivity contribution in [3.05, 3.63) is 0 Å². The fourth-order valence-corrected chi connectivity index (χ4v) is 1.71. The van der Waals surface area contributed by atoms with Crippen LogP contribution in [0, 0.1) is 0 Å². The molecule has 0 bridgehead atoms. The predicted octanol–water partition coefficient (Wildman–Crippen LogP) is -0.913. The number of carbonyl (C=O) groups excluding carboxylic acids is 2. The highest BCUT2D eigenvalue weighted by molar-refractivity contribution is 5.87. The molecule has 0 aromatic rings. The Balaban J connectivity index is 2.37. The summed E-state index contributed by atoms with van der Waals surface area (Å²) in [6.07, 6.45) is 2.26. The molecule has 0 aliphatic carbocycles. The summed E-state index contributed by atoms with van der Waals surface area (Å²) < 4.78 is 5.43. The van der Waals surface area contributed by atoms with Gasteiger partial charge in [0.1, 0.15) is 0 Å². The Hall–Kier alpha value is -1.14. The molecule has 17 heavy (non-hydrogen) atoms. The number of nitrogens with one attached hydrogen (secondary N) is 1. The SMILES string of the molecule is CN(C)C(=O)CC(NCC1CCCO1)C(N)=O. The summed E-state index contributed by atoms with van der Waals surface area (Å²) in [6, 6.07) is -0.617. The average molecular weight is 243 g/mol. The summed E-state index contributed by atoms with van der Waals surface area (Å²) in [4.78, 5) is 24.2. The first-order valence-electron chi connectivity index (χ1n) is 5.85. The second-order valence-electron chi connectivity index (χ2n) is 4.49. The molecule has 6 heteroatoms. The third kappa shape index (κ3) is 4.70.